The molecule has 6 heteroatoms. The van der Waals surface area contributed by atoms with E-state index in [9.17, 15) is 4.79 Å². The Morgan fingerprint density at radius 3 is 2.62 bits per heavy atom. The Hall–Kier alpha value is -2.14. The van der Waals surface area contributed by atoms with Gasteiger partial charge in [0.2, 0.25) is 5.95 Å². The number of nitrogens with one attached hydrogen (secondary N) is 2. The molecule has 0 saturated carbocycles. The smallest absolute Gasteiger partial charge is 0.270 e. The maximum Gasteiger partial charge on any atom is 0.270 e. The van der Waals surface area contributed by atoms with Crippen molar-refractivity contribution in [1.29, 1.82) is 0 Å². The van der Waals surface area contributed by atoms with E-state index in [1.54, 1.807) is 6.07 Å². The Kier molecular flexibility index (Phi) is 6.55. The summed E-state index contributed by atoms with van der Waals surface area (Å²) in [6, 6.07) is 9.55. The van der Waals surface area contributed by atoms with Crippen LogP contribution in [0.15, 0.2) is 30.3 Å². The van der Waals surface area contributed by atoms with Gasteiger partial charge >= 0.3 is 0 Å². The van der Waals surface area contributed by atoms with Gasteiger partial charge in [-0.2, -0.15) is 0 Å². The number of aromatic nitrogens is 2. The highest BCUT2D eigenvalue weighted by Gasteiger charge is 2.12. The molecule has 5 nitrogen and oxygen atoms in total. The molecule has 128 valence electrons. The van der Waals surface area contributed by atoms with Gasteiger partial charge in [0.1, 0.15) is 5.69 Å². The van der Waals surface area contributed by atoms with Gasteiger partial charge in [-0.05, 0) is 50.5 Å². The molecule has 0 bridgehead atoms. The normalized spacial score (nSPS) is 11.8. The lowest BCUT2D eigenvalue weighted by Gasteiger charge is -2.12. The number of anilines is 1. The molecule has 0 aliphatic heterocycles. The SMILES string of the molecule is CCC(C)NC(=O)c1cc(C)nc(NCCc2ccc(Cl)cc2)n1. The Morgan fingerprint density at radius 1 is 1.25 bits per heavy atom. The third-order valence-corrected chi connectivity index (χ3v) is 3.94. The van der Waals surface area contributed by atoms with Crippen molar-refractivity contribution in [2.75, 3.05) is 11.9 Å². The molecule has 1 heterocycles. The van der Waals surface area contributed by atoms with Crippen molar-refractivity contribution >= 4 is 23.5 Å². The van der Waals surface area contributed by atoms with Gasteiger partial charge < -0.3 is 10.6 Å². The third-order valence-electron chi connectivity index (χ3n) is 3.69. The minimum Gasteiger partial charge on any atom is -0.354 e. The molecule has 24 heavy (non-hydrogen) atoms. The summed E-state index contributed by atoms with van der Waals surface area (Å²) in [5, 5.41) is 6.82. The first-order valence-corrected chi connectivity index (χ1v) is 8.50. The van der Waals surface area contributed by atoms with Crippen molar-refractivity contribution in [2.45, 2.75) is 39.7 Å². The number of carbonyl (C=O) groups is 1. The van der Waals surface area contributed by atoms with Crippen LogP contribution in [0.1, 0.15) is 42.0 Å². The number of amides is 1. The largest absolute Gasteiger partial charge is 0.354 e. The van der Waals surface area contributed by atoms with Crippen LogP contribution < -0.4 is 10.6 Å². The molecular weight excluding hydrogens is 324 g/mol. The first-order valence-electron chi connectivity index (χ1n) is 8.12. The fourth-order valence-electron chi connectivity index (χ4n) is 2.13. The molecule has 2 aromatic rings. The second-order valence-corrected chi connectivity index (χ2v) is 6.24. The van der Waals surface area contributed by atoms with Gasteiger partial charge in [-0.3, -0.25) is 4.79 Å². The summed E-state index contributed by atoms with van der Waals surface area (Å²) >= 11 is 5.88. The van der Waals surface area contributed by atoms with Gasteiger partial charge in [0.05, 0.1) is 0 Å². The summed E-state index contributed by atoms with van der Waals surface area (Å²) < 4.78 is 0. The number of rotatable bonds is 7. The van der Waals surface area contributed by atoms with Crippen LogP contribution in [0.3, 0.4) is 0 Å². The van der Waals surface area contributed by atoms with Gasteiger partial charge in [-0.1, -0.05) is 30.7 Å². The fourth-order valence-corrected chi connectivity index (χ4v) is 2.26. The van der Waals surface area contributed by atoms with Gasteiger partial charge in [-0.25, -0.2) is 9.97 Å². The molecule has 1 aromatic heterocycles. The molecule has 0 aliphatic rings. The minimum absolute atomic E-state index is 0.120. The summed E-state index contributed by atoms with van der Waals surface area (Å²) in [6.45, 7) is 6.53. The number of hydrogen-bond acceptors (Lipinski definition) is 4. The molecule has 0 saturated heterocycles. The van der Waals surface area contributed by atoms with Gasteiger partial charge in [-0.15, -0.1) is 0 Å². The van der Waals surface area contributed by atoms with E-state index in [0.29, 0.717) is 18.2 Å². The second kappa shape index (κ2) is 8.64. The van der Waals surface area contributed by atoms with Crippen LogP contribution >= 0.6 is 11.6 Å². The van der Waals surface area contributed by atoms with Crippen molar-refractivity contribution in [3.8, 4) is 0 Å². The molecule has 0 radical (unpaired) electrons. The summed E-state index contributed by atoms with van der Waals surface area (Å²) in [4.78, 5) is 20.9. The molecule has 1 atom stereocenters. The summed E-state index contributed by atoms with van der Waals surface area (Å²) in [6.07, 6.45) is 1.70. The zero-order valence-corrected chi connectivity index (χ0v) is 15.0. The van der Waals surface area contributed by atoms with E-state index < -0.39 is 0 Å². The van der Waals surface area contributed by atoms with E-state index in [4.69, 9.17) is 11.6 Å². The predicted molar refractivity (Wildman–Crippen MR) is 97.6 cm³/mol. The van der Waals surface area contributed by atoms with Gasteiger partial charge in [0, 0.05) is 23.3 Å². The zero-order valence-electron chi connectivity index (χ0n) is 14.3. The van der Waals surface area contributed by atoms with Crippen LogP contribution in [0.5, 0.6) is 0 Å². The lowest BCUT2D eigenvalue weighted by Crippen LogP contribution is -2.32. The average molecular weight is 347 g/mol. The number of halogens is 1. The fraction of sp³-hybridized carbons (Fsp3) is 0.389. The minimum atomic E-state index is -0.171. The van der Waals surface area contributed by atoms with E-state index in [0.717, 1.165) is 23.6 Å². The first-order chi connectivity index (χ1) is 11.5. The Balaban J connectivity index is 1.97. The number of benzene rings is 1. The number of hydrogen-bond donors (Lipinski definition) is 2. The van der Waals surface area contributed by atoms with Gasteiger partial charge in [0.15, 0.2) is 0 Å². The summed E-state index contributed by atoms with van der Waals surface area (Å²) in [7, 11) is 0. The molecule has 2 rings (SSSR count). The average Bonchev–Trinajstić information content (AvgIpc) is 2.56. The lowest BCUT2D eigenvalue weighted by molar-refractivity contribution is 0.0934. The standard InChI is InChI=1S/C18H23ClN4O/c1-4-12(2)21-17(24)16-11-13(3)22-18(23-16)20-10-9-14-5-7-15(19)8-6-14/h5-8,11-12H,4,9-10H2,1-3H3,(H,21,24)(H,20,22,23). The van der Waals surface area contributed by atoms with E-state index in [-0.39, 0.29) is 11.9 Å². The van der Waals surface area contributed by atoms with Crippen LogP contribution in [0.4, 0.5) is 5.95 Å². The first kappa shape index (κ1) is 18.2. The Labute approximate surface area is 147 Å². The van der Waals surface area contributed by atoms with Crippen LogP contribution in [-0.4, -0.2) is 28.5 Å². The topological polar surface area (TPSA) is 66.9 Å². The molecular formula is C18H23ClN4O. The van der Waals surface area contributed by atoms with Crippen LogP contribution in [0, 0.1) is 6.92 Å². The molecule has 1 unspecified atom stereocenters. The Morgan fingerprint density at radius 2 is 1.96 bits per heavy atom. The Bertz CT molecular complexity index is 688. The molecule has 0 spiro atoms. The molecule has 1 aromatic carbocycles. The van der Waals surface area contributed by atoms with Crippen LogP contribution in [0.2, 0.25) is 5.02 Å². The number of carbonyl (C=O) groups excluding carboxylic acids is 1. The maximum absolute atomic E-state index is 12.2. The highest BCUT2D eigenvalue weighted by molar-refractivity contribution is 6.30. The predicted octanol–water partition coefficient (Wildman–Crippen LogP) is 3.62. The second-order valence-electron chi connectivity index (χ2n) is 5.80. The van der Waals surface area contributed by atoms with Crippen molar-refractivity contribution in [2.24, 2.45) is 0 Å². The highest BCUT2D eigenvalue weighted by Crippen LogP contribution is 2.10. The van der Waals surface area contributed by atoms with Crippen molar-refractivity contribution in [1.82, 2.24) is 15.3 Å². The van der Waals surface area contributed by atoms with Crippen molar-refractivity contribution < 1.29 is 4.79 Å². The molecule has 0 aliphatic carbocycles. The monoisotopic (exact) mass is 346 g/mol. The quantitative estimate of drug-likeness (QED) is 0.803. The summed E-state index contributed by atoms with van der Waals surface area (Å²) in [5.74, 6) is 0.300. The summed E-state index contributed by atoms with van der Waals surface area (Å²) in [5.41, 5.74) is 2.32. The number of aryl methyl sites for hydroxylation is 1. The highest BCUT2D eigenvalue weighted by atomic mass is 35.5. The molecule has 2 N–H and O–H groups in total. The van der Waals surface area contributed by atoms with Gasteiger partial charge in [0.25, 0.3) is 5.91 Å². The van der Waals surface area contributed by atoms with E-state index >= 15 is 0 Å². The zero-order chi connectivity index (χ0) is 17.5. The number of nitrogens with zero attached hydrogens (tertiary/aromatic N) is 2. The lowest BCUT2D eigenvalue weighted by atomic mass is 10.1. The van der Waals surface area contributed by atoms with Crippen molar-refractivity contribution in [3.05, 3.63) is 52.3 Å². The van der Waals surface area contributed by atoms with E-state index in [1.165, 1.54) is 5.56 Å². The maximum atomic E-state index is 12.2. The molecule has 1 amide bonds. The van der Waals surface area contributed by atoms with Crippen LogP contribution in [-0.2, 0) is 6.42 Å². The van der Waals surface area contributed by atoms with E-state index in [2.05, 4.69) is 20.6 Å². The third kappa shape index (κ3) is 5.49. The van der Waals surface area contributed by atoms with E-state index in [1.807, 2.05) is 45.0 Å². The van der Waals surface area contributed by atoms with Crippen molar-refractivity contribution in [3.63, 3.8) is 0 Å². The molecule has 0 fully saturated rings. The van der Waals surface area contributed by atoms with Crippen LogP contribution in [0.25, 0.3) is 0 Å².